The highest BCUT2D eigenvalue weighted by molar-refractivity contribution is 14.0. The topological polar surface area (TPSA) is 82.8 Å². The average molecular weight is 437 g/mol. The number of hydrogen-bond donors (Lipinski definition) is 2. The van der Waals surface area contributed by atoms with Gasteiger partial charge in [-0.3, -0.25) is 4.79 Å². The molecule has 1 amide bonds. The zero-order valence-electron chi connectivity index (χ0n) is 14.8. The predicted molar refractivity (Wildman–Crippen MR) is 102 cm³/mol. The molecule has 0 aromatic carbocycles. The van der Waals surface area contributed by atoms with Crippen molar-refractivity contribution in [1.29, 1.82) is 0 Å². The summed E-state index contributed by atoms with van der Waals surface area (Å²) in [6.45, 7) is 8.59. The van der Waals surface area contributed by atoms with E-state index < -0.39 is 0 Å². The molecule has 0 bridgehead atoms. The number of likely N-dealkylation sites (N-methyl/N-ethyl adjacent to an activating group) is 1. The van der Waals surface area contributed by atoms with Gasteiger partial charge in [0.1, 0.15) is 5.76 Å². The number of hydrogen-bond acceptors (Lipinski definition) is 4. The van der Waals surface area contributed by atoms with Crippen LogP contribution in [0.15, 0.2) is 9.52 Å². The molecular weight excluding hydrogens is 409 g/mol. The summed E-state index contributed by atoms with van der Waals surface area (Å²) in [5, 5.41) is 10.3. The summed E-state index contributed by atoms with van der Waals surface area (Å²) in [5.74, 6) is 1.38. The number of amides is 1. The summed E-state index contributed by atoms with van der Waals surface area (Å²) in [6, 6.07) is 0.269. The van der Waals surface area contributed by atoms with Crippen LogP contribution in [0.3, 0.4) is 0 Å². The molecule has 2 N–H and O–H groups in total. The van der Waals surface area contributed by atoms with Gasteiger partial charge in [-0.15, -0.1) is 24.0 Å². The molecule has 0 fully saturated rings. The minimum Gasteiger partial charge on any atom is -0.361 e. The number of nitrogens with one attached hydrogen (secondary N) is 2. The summed E-state index contributed by atoms with van der Waals surface area (Å²) in [5.41, 5.74) is 1.82. The molecule has 0 aliphatic rings. The molecule has 1 heterocycles. The lowest BCUT2D eigenvalue weighted by molar-refractivity contribution is -0.127. The number of guanidine groups is 1. The highest BCUT2D eigenvalue weighted by Gasteiger charge is 2.11. The second-order valence-electron chi connectivity index (χ2n) is 5.56. The number of carbonyl (C=O) groups excluding carboxylic acids is 1. The molecule has 23 heavy (non-hydrogen) atoms. The molecular formula is C15H28IN5O2. The fraction of sp³-hybridized carbons (Fsp3) is 0.667. The maximum atomic E-state index is 11.7. The van der Waals surface area contributed by atoms with E-state index in [1.54, 1.807) is 19.0 Å². The third-order valence-corrected chi connectivity index (χ3v) is 3.48. The van der Waals surface area contributed by atoms with E-state index in [0.717, 1.165) is 23.4 Å². The first-order valence-corrected chi connectivity index (χ1v) is 7.51. The Morgan fingerprint density at radius 1 is 1.39 bits per heavy atom. The lowest BCUT2D eigenvalue weighted by atomic mass is 10.2. The standard InChI is InChI=1S/C15H27N5O2.HI/c1-7-10(2)18-15(17-9-14(21)20(5)6)16-8-13-11(3)19-22-12(13)4;/h10H,7-9H2,1-6H3,(H2,16,17,18);1H. The molecule has 0 aliphatic carbocycles. The SMILES string of the molecule is CCC(C)NC(=NCc1c(C)noc1C)NCC(=O)N(C)C.I. The molecule has 1 rings (SSSR count). The first kappa shape index (κ1) is 21.7. The van der Waals surface area contributed by atoms with Crippen LogP contribution in [0.2, 0.25) is 0 Å². The van der Waals surface area contributed by atoms with E-state index in [0.29, 0.717) is 12.5 Å². The van der Waals surface area contributed by atoms with Crippen molar-refractivity contribution in [2.75, 3.05) is 20.6 Å². The highest BCUT2D eigenvalue weighted by Crippen LogP contribution is 2.13. The van der Waals surface area contributed by atoms with Gasteiger partial charge in [-0.05, 0) is 27.2 Å². The Bertz CT molecular complexity index is 508. The average Bonchev–Trinajstić information content (AvgIpc) is 2.80. The van der Waals surface area contributed by atoms with Crippen LogP contribution in [-0.2, 0) is 11.3 Å². The largest absolute Gasteiger partial charge is 0.361 e. The van der Waals surface area contributed by atoms with Crippen LogP contribution in [0.1, 0.15) is 37.3 Å². The van der Waals surface area contributed by atoms with Gasteiger partial charge in [0.2, 0.25) is 5.91 Å². The molecule has 7 nitrogen and oxygen atoms in total. The van der Waals surface area contributed by atoms with E-state index in [2.05, 4.69) is 34.6 Å². The van der Waals surface area contributed by atoms with Crippen molar-refractivity contribution in [1.82, 2.24) is 20.7 Å². The molecule has 132 valence electrons. The van der Waals surface area contributed by atoms with E-state index in [9.17, 15) is 4.79 Å². The summed E-state index contributed by atoms with van der Waals surface area (Å²) in [6.07, 6.45) is 0.966. The predicted octanol–water partition coefficient (Wildman–Crippen LogP) is 1.83. The monoisotopic (exact) mass is 437 g/mol. The molecule has 1 aromatic heterocycles. The summed E-state index contributed by atoms with van der Waals surface area (Å²) < 4.78 is 5.14. The van der Waals surface area contributed by atoms with Crippen molar-refractivity contribution < 1.29 is 9.32 Å². The van der Waals surface area contributed by atoms with Crippen LogP contribution < -0.4 is 10.6 Å². The fourth-order valence-corrected chi connectivity index (χ4v) is 1.69. The molecule has 0 saturated carbocycles. The smallest absolute Gasteiger partial charge is 0.241 e. The van der Waals surface area contributed by atoms with Crippen LogP contribution in [-0.4, -0.2) is 48.6 Å². The maximum absolute atomic E-state index is 11.7. The normalized spacial score (nSPS) is 12.3. The number of halogens is 1. The molecule has 0 saturated heterocycles. The quantitative estimate of drug-likeness (QED) is 0.403. The van der Waals surface area contributed by atoms with Gasteiger partial charge >= 0.3 is 0 Å². The highest BCUT2D eigenvalue weighted by atomic mass is 127. The van der Waals surface area contributed by atoms with Crippen molar-refractivity contribution in [3.8, 4) is 0 Å². The van der Waals surface area contributed by atoms with Gasteiger partial charge in [-0.25, -0.2) is 4.99 Å². The second-order valence-corrected chi connectivity index (χ2v) is 5.56. The number of rotatable bonds is 6. The first-order chi connectivity index (χ1) is 10.3. The van der Waals surface area contributed by atoms with Crippen molar-refractivity contribution in [3.63, 3.8) is 0 Å². The van der Waals surface area contributed by atoms with Crippen LogP contribution in [0.4, 0.5) is 0 Å². The molecule has 0 radical (unpaired) electrons. The number of aryl methyl sites for hydroxylation is 2. The van der Waals surface area contributed by atoms with Crippen molar-refractivity contribution in [3.05, 3.63) is 17.0 Å². The summed E-state index contributed by atoms with van der Waals surface area (Å²) in [4.78, 5) is 17.8. The van der Waals surface area contributed by atoms with Crippen LogP contribution in [0.25, 0.3) is 0 Å². The van der Waals surface area contributed by atoms with E-state index in [1.807, 2.05) is 13.8 Å². The van der Waals surface area contributed by atoms with Crippen LogP contribution >= 0.6 is 24.0 Å². The second kappa shape index (κ2) is 10.5. The zero-order chi connectivity index (χ0) is 16.7. The maximum Gasteiger partial charge on any atom is 0.241 e. The van der Waals surface area contributed by atoms with E-state index in [4.69, 9.17) is 4.52 Å². The summed E-state index contributed by atoms with van der Waals surface area (Å²) in [7, 11) is 3.46. The first-order valence-electron chi connectivity index (χ1n) is 7.51. The van der Waals surface area contributed by atoms with Crippen LogP contribution in [0, 0.1) is 13.8 Å². The van der Waals surface area contributed by atoms with Gasteiger partial charge in [0.25, 0.3) is 0 Å². The van der Waals surface area contributed by atoms with Crippen molar-refractivity contribution in [2.24, 2.45) is 4.99 Å². The number of aromatic nitrogens is 1. The van der Waals surface area contributed by atoms with Crippen molar-refractivity contribution in [2.45, 2.75) is 46.7 Å². The third kappa shape index (κ3) is 7.19. The molecule has 0 spiro atoms. The van der Waals surface area contributed by atoms with Crippen molar-refractivity contribution >= 4 is 35.8 Å². The minimum atomic E-state index is -0.00371. The third-order valence-electron chi connectivity index (χ3n) is 3.48. The van der Waals surface area contributed by atoms with E-state index in [1.165, 1.54) is 0 Å². The Balaban J connectivity index is 0.00000484. The van der Waals surface area contributed by atoms with Gasteiger partial charge in [0, 0.05) is 25.7 Å². The van der Waals surface area contributed by atoms with E-state index in [-0.39, 0.29) is 42.5 Å². The van der Waals surface area contributed by atoms with Crippen LogP contribution in [0.5, 0.6) is 0 Å². The van der Waals surface area contributed by atoms with Gasteiger partial charge in [-0.1, -0.05) is 12.1 Å². The Labute approximate surface area is 155 Å². The Hall–Kier alpha value is -1.32. The Kier molecular flexibility index (Phi) is 9.85. The molecule has 1 aromatic rings. The summed E-state index contributed by atoms with van der Waals surface area (Å²) >= 11 is 0. The lowest BCUT2D eigenvalue weighted by Crippen LogP contribution is -2.45. The van der Waals surface area contributed by atoms with Gasteiger partial charge in [-0.2, -0.15) is 0 Å². The van der Waals surface area contributed by atoms with Gasteiger partial charge in [0.15, 0.2) is 5.96 Å². The minimum absolute atomic E-state index is 0. The molecule has 1 atom stereocenters. The lowest BCUT2D eigenvalue weighted by Gasteiger charge is -2.18. The number of carbonyl (C=O) groups is 1. The molecule has 0 aliphatic heterocycles. The number of nitrogens with zero attached hydrogens (tertiary/aromatic N) is 3. The van der Waals surface area contributed by atoms with Gasteiger partial charge < -0.3 is 20.1 Å². The molecule has 1 unspecified atom stereocenters. The zero-order valence-corrected chi connectivity index (χ0v) is 17.1. The van der Waals surface area contributed by atoms with Gasteiger partial charge in [0.05, 0.1) is 18.8 Å². The molecule has 8 heteroatoms. The fourth-order valence-electron chi connectivity index (χ4n) is 1.69. The number of aliphatic imine (C=N–C) groups is 1. The Morgan fingerprint density at radius 2 is 2.04 bits per heavy atom. The van der Waals surface area contributed by atoms with E-state index >= 15 is 0 Å². The Morgan fingerprint density at radius 3 is 2.52 bits per heavy atom.